The van der Waals surface area contributed by atoms with Gasteiger partial charge >= 0.3 is 0 Å². The first-order chi connectivity index (χ1) is 7.25. The van der Waals surface area contributed by atoms with Crippen molar-refractivity contribution in [3.8, 4) is 0 Å². The van der Waals surface area contributed by atoms with Gasteiger partial charge in [0.25, 0.3) is 0 Å². The molecule has 0 unspecified atom stereocenters. The van der Waals surface area contributed by atoms with E-state index in [9.17, 15) is 0 Å². The number of halogens is 1. The van der Waals surface area contributed by atoms with Gasteiger partial charge in [0.1, 0.15) is 0 Å². The third-order valence-electron chi connectivity index (χ3n) is 1.82. The second-order valence-electron chi connectivity index (χ2n) is 2.93. The molecule has 4 nitrogen and oxygen atoms in total. The summed E-state index contributed by atoms with van der Waals surface area (Å²) in [4.78, 5) is 8.06. The van der Waals surface area contributed by atoms with E-state index in [0.717, 1.165) is 5.69 Å². The Bertz CT molecular complexity index is 458. The van der Waals surface area contributed by atoms with Gasteiger partial charge in [-0.1, -0.05) is 18.2 Å². The van der Waals surface area contributed by atoms with Crippen molar-refractivity contribution in [2.75, 3.05) is 11.1 Å². The van der Waals surface area contributed by atoms with Crippen molar-refractivity contribution in [1.29, 1.82) is 0 Å². The first-order valence-corrected chi connectivity index (χ1v) is 5.15. The minimum atomic E-state index is 0.509. The number of hydrogen-bond acceptors (Lipinski definition) is 4. The van der Waals surface area contributed by atoms with E-state index in [1.807, 2.05) is 30.3 Å². The predicted molar refractivity (Wildman–Crippen MR) is 63.9 cm³/mol. The normalized spacial score (nSPS) is 9.93. The maximum absolute atomic E-state index is 5.73. The van der Waals surface area contributed by atoms with Crippen molar-refractivity contribution in [3.05, 3.63) is 41.3 Å². The number of hydrogen-bond donors (Lipinski definition) is 2. The average Bonchev–Trinajstić information content (AvgIpc) is 2.25. The van der Waals surface area contributed by atoms with Crippen molar-refractivity contribution in [2.45, 2.75) is 0 Å². The molecule has 0 radical (unpaired) electrons. The van der Waals surface area contributed by atoms with Crippen LogP contribution in [0.4, 0.5) is 17.2 Å². The maximum atomic E-state index is 5.73. The van der Waals surface area contributed by atoms with Gasteiger partial charge in [0.15, 0.2) is 10.6 Å². The summed E-state index contributed by atoms with van der Waals surface area (Å²) in [6, 6.07) is 9.71. The van der Waals surface area contributed by atoms with Crippen molar-refractivity contribution < 1.29 is 0 Å². The highest BCUT2D eigenvalue weighted by Gasteiger charge is 2.02. The number of anilines is 3. The van der Waals surface area contributed by atoms with Gasteiger partial charge in [-0.2, -0.15) is 0 Å². The van der Waals surface area contributed by atoms with Gasteiger partial charge in [-0.05, 0) is 28.1 Å². The lowest BCUT2D eigenvalue weighted by molar-refractivity contribution is 1.12. The van der Waals surface area contributed by atoms with Crippen LogP contribution in [0, 0.1) is 0 Å². The minimum absolute atomic E-state index is 0.509. The van der Waals surface area contributed by atoms with E-state index >= 15 is 0 Å². The molecule has 1 aromatic carbocycles. The first kappa shape index (κ1) is 9.92. The number of nitrogens with two attached hydrogens (primary N) is 1. The number of aromatic nitrogens is 2. The van der Waals surface area contributed by atoms with Crippen molar-refractivity contribution in [2.24, 2.45) is 0 Å². The summed E-state index contributed by atoms with van der Waals surface area (Å²) in [5.41, 5.74) is 7.18. The van der Waals surface area contributed by atoms with Crippen LogP contribution in [0.3, 0.4) is 0 Å². The minimum Gasteiger partial charge on any atom is -0.394 e. The molecule has 0 aliphatic heterocycles. The predicted octanol–water partition coefficient (Wildman–Crippen LogP) is 2.56. The molecular formula is C10H9BrN4. The lowest BCUT2D eigenvalue weighted by Crippen LogP contribution is -2.00. The molecule has 0 fully saturated rings. The lowest BCUT2D eigenvalue weighted by atomic mass is 10.3. The zero-order valence-electron chi connectivity index (χ0n) is 7.81. The van der Waals surface area contributed by atoms with Gasteiger partial charge in [0.2, 0.25) is 0 Å². The average molecular weight is 265 g/mol. The molecule has 0 bridgehead atoms. The molecule has 0 saturated carbocycles. The third-order valence-corrected chi connectivity index (χ3v) is 2.21. The summed E-state index contributed by atoms with van der Waals surface area (Å²) in [6.45, 7) is 0. The van der Waals surface area contributed by atoms with Crippen LogP contribution in [0.25, 0.3) is 0 Å². The van der Waals surface area contributed by atoms with E-state index in [2.05, 4.69) is 31.2 Å². The zero-order chi connectivity index (χ0) is 10.7. The lowest BCUT2D eigenvalue weighted by Gasteiger charge is -2.07. The quantitative estimate of drug-likeness (QED) is 0.819. The standard InChI is InChI=1S/C10H9BrN4/c11-10-13-6-8(12)9(15-10)14-7-4-2-1-3-5-7/h1-6H,12H2,(H,13,14,15). The van der Waals surface area contributed by atoms with E-state index in [0.29, 0.717) is 16.2 Å². The van der Waals surface area contributed by atoms with E-state index < -0.39 is 0 Å². The highest BCUT2D eigenvalue weighted by Crippen LogP contribution is 2.20. The van der Waals surface area contributed by atoms with Crippen LogP contribution in [0.15, 0.2) is 41.3 Å². The zero-order valence-corrected chi connectivity index (χ0v) is 9.40. The molecule has 0 spiro atoms. The molecule has 0 aliphatic carbocycles. The summed E-state index contributed by atoms with van der Waals surface area (Å²) in [7, 11) is 0. The highest BCUT2D eigenvalue weighted by atomic mass is 79.9. The van der Waals surface area contributed by atoms with Gasteiger partial charge in [0, 0.05) is 5.69 Å². The number of rotatable bonds is 2. The maximum Gasteiger partial charge on any atom is 0.198 e. The largest absolute Gasteiger partial charge is 0.394 e. The summed E-state index contributed by atoms with van der Waals surface area (Å²) < 4.78 is 0.509. The van der Waals surface area contributed by atoms with Gasteiger partial charge in [-0.3, -0.25) is 0 Å². The Hall–Kier alpha value is -1.62. The Morgan fingerprint density at radius 3 is 2.67 bits per heavy atom. The summed E-state index contributed by atoms with van der Waals surface area (Å²) >= 11 is 3.19. The Balaban J connectivity index is 2.28. The summed E-state index contributed by atoms with van der Waals surface area (Å²) in [5.74, 6) is 0.600. The number of nitrogen functional groups attached to an aromatic ring is 1. The molecule has 0 amide bonds. The van der Waals surface area contributed by atoms with Crippen LogP contribution in [0.5, 0.6) is 0 Å². The molecule has 0 aliphatic rings. The SMILES string of the molecule is Nc1cnc(Br)nc1Nc1ccccc1. The van der Waals surface area contributed by atoms with Crippen LogP contribution in [0.2, 0.25) is 0 Å². The Morgan fingerprint density at radius 1 is 1.20 bits per heavy atom. The van der Waals surface area contributed by atoms with Crippen LogP contribution < -0.4 is 11.1 Å². The fourth-order valence-electron chi connectivity index (χ4n) is 1.13. The monoisotopic (exact) mass is 264 g/mol. The molecule has 5 heteroatoms. The molecular weight excluding hydrogens is 256 g/mol. The van der Waals surface area contributed by atoms with E-state index in [1.165, 1.54) is 0 Å². The van der Waals surface area contributed by atoms with E-state index in [-0.39, 0.29) is 0 Å². The molecule has 1 aromatic heterocycles. The van der Waals surface area contributed by atoms with Gasteiger partial charge in [-0.15, -0.1) is 0 Å². The fraction of sp³-hybridized carbons (Fsp3) is 0. The second-order valence-corrected chi connectivity index (χ2v) is 3.64. The smallest absolute Gasteiger partial charge is 0.198 e. The van der Waals surface area contributed by atoms with Crippen LogP contribution in [0.1, 0.15) is 0 Å². The van der Waals surface area contributed by atoms with Gasteiger partial charge < -0.3 is 11.1 Å². The van der Waals surface area contributed by atoms with E-state index in [4.69, 9.17) is 5.73 Å². The Labute approximate surface area is 95.7 Å². The van der Waals surface area contributed by atoms with Crippen molar-refractivity contribution in [3.63, 3.8) is 0 Å². The van der Waals surface area contributed by atoms with Gasteiger partial charge in [-0.25, -0.2) is 9.97 Å². The number of benzene rings is 1. The molecule has 3 N–H and O–H groups in total. The van der Waals surface area contributed by atoms with Gasteiger partial charge in [0.05, 0.1) is 11.9 Å². The summed E-state index contributed by atoms with van der Waals surface area (Å²) in [6.07, 6.45) is 1.56. The Kier molecular flexibility index (Phi) is 2.82. The third kappa shape index (κ3) is 2.44. The van der Waals surface area contributed by atoms with Crippen LogP contribution in [-0.2, 0) is 0 Å². The number of para-hydroxylation sites is 1. The molecule has 2 rings (SSSR count). The van der Waals surface area contributed by atoms with Crippen molar-refractivity contribution in [1.82, 2.24) is 9.97 Å². The second kappa shape index (κ2) is 4.27. The highest BCUT2D eigenvalue weighted by molar-refractivity contribution is 9.10. The molecule has 1 heterocycles. The van der Waals surface area contributed by atoms with Crippen LogP contribution in [-0.4, -0.2) is 9.97 Å². The molecule has 0 atom stereocenters. The van der Waals surface area contributed by atoms with E-state index in [1.54, 1.807) is 6.20 Å². The molecule has 76 valence electrons. The summed E-state index contributed by atoms with van der Waals surface area (Å²) in [5, 5.41) is 3.11. The van der Waals surface area contributed by atoms with Crippen LogP contribution >= 0.6 is 15.9 Å². The molecule has 0 saturated heterocycles. The molecule has 15 heavy (non-hydrogen) atoms. The van der Waals surface area contributed by atoms with Crippen molar-refractivity contribution >= 4 is 33.1 Å². The number of nitrogens with one attached hydrogen (secondary N) is 1. The topological polar surface area (TPSA) is 63.8 Å². The number of nitrogens with zero attached hydrogens (tertiary/aromatic N) is 2. The fourth-order valence-corrected chi connectivity index (χ4v) is 1.41. The molecule has 2 aromatic rings. The Morgan fingerprint density at radius 2 is 1.93 bits per heavy atom. The first-order valence-electron chi connectivity index (χ1n) is 4.36.